The smallest absolute Gasteiger partial charge is 0.243 e. The zero-order valence-corrected chi connectivity index (χ0v) is 15.5. The molecule has 2 heterocycles. The van der Waals surface area contributed by atoms with E-state index in [1.807, 2.05) is 19.1 Å². The second-order valence-corrected chi connectivity index (χ2v) is 8.94. The SMILES string of the molecule is Cc1ccc(S(=O)(=O)N2CCC(NC(=O)C3CCCCN3)CC2)cc1. The first-order valence-electron chi connectivity index (χ1n) is 9.07. The quantitative estimate of drug-likeness (QED) is 0.846. The van der Waals surface area contributed by atoms with Gasteiger partial charge in [-0.3, -0.25) is 4.79 Å². The summed E-state index contributed by atoms with van der Waals surface area (Å²) < 4.78 is 26.9. The summed E-state index contributed by atoms with van der Waals surface area (Å²) >= 11 is 0. The minimum Gasteiger partial charge on any atom is -0.352 e. The van der Waals surface area contributed by atoms with Crippen molar-refractivity contribution in [2.45, 2.75) is 56.0 Å². The molecule has 2 aliphatic heterocycles. The number of nitrogens with one attached hydrogen (secondary N) is 2. The highest BCUT2D eigenvalue weighted by Crippen LogP contribution is 2.21. The summed E-state index contributed by atoms with van der Waals surface area (Å²) in [5.74, 6) is 0.0551. The van der Waals surface area contributed by atoms with Gasteiger partial charge in [0, 0.05) is 19.1 Å². The van der Waals surface area contributed by atoms with E-state index in [4.69, 9.17) is 0 Å². The van der Waals surface area contributed by atoms with Crippen LogP contribution < -0.4 is 10.6 Å². The zero-order valence-electron chi connectivity index (χ0n) is 14.7. The molecule has 0 bridgehead atoms. The van der Waals surface area contributed by atoms with E-state index in [1.54, 1.807) is 12.1 Å². The summed E-state index contributed by atoms with van der Waals surface area (Å²) in [6.45, 7) is 3.72. The van der Waals surface area contributed by atoms with E-state index in [2.05, 4.69) is 10.6 Å². The maximum Gasteiger partial charge on any atom is 0.243 e. The summed E-state index contributed by atoms with van der Waals surface area (Å²) in [4.78, 5) is 12.6. The number of hydrogen-bond donors (Lipinski definition) is 2. The monoisotopic (exact) mass is 365 g/mol. The highest BCUT2D eigenvalue weighted by atomic mass is 32.2. The Morgan fingerprint density at radius 2 is 1.80 bits per heavy atom. The molecule has 25 heavy (non-hydrogen) atoms. The van der Waals surface area contributed by atoms with Gasteiger partial charge in [0.05, 0.1) is 10.9 Å². The van der Waals surface area contributed by atoms with Crippen LogP contribution >= 0.6 is 0 Å². The number of hydrogen-bond acceptors (Lipinski definition) is 4. The standard InChI is InChI=1S/C18H27N3O3S/c1-14-5-7-16(8-6-14)25(23,24)21-12-9-15(10-13-21)20-18(22)17-4-2-3-11-19-17/h5-8,15,17,19H,2-4,9-13H2,1H3,(H,20,22). The van der Waals surface area contributed by atoms with Crippen molar-refractivity contribution < 1.29 is 13.2 Å². The van der Waals surface area contributed by atoms with E-state index in [9.17, 15) is 13.2 Å². The summed E-state index contributed by atoms with van der Waals surface area (Å²) in [7, 11) is -3.44. The molecule has 0 aliphatic carbocycles. The molecule has 0 aromatic heterocycles. The minimum atomic E-state index is -3.44. The summed E-state index contributed by atoms with van der Waals surface area (Å²) in [5.41, 5.74) is 1.04. The van der Waals surface area contributed by atoms with Gasteiger partial charge >= 0.3 is 0 Å². The second-order valence-electron chi connectivity index (χ2n) is 7.00. The summed E-state index contributed by atoms with van der Waals surface area (Å²) in [6, 6.07) is 6.91. The molecule has 1 aromatic carbocycles. The second kappa shape index (κ2) is 7.85. The maximum atomic E-state index is 12.7. The van der Waals surface area contributed by atoms with Crippen LogP contribution in [-0.4, -0.2) is 50.3 Å². The first kappa shape index (κ1) is 18.4. The number of aryl methyl sites for hydroxylation is 1. The zero-order chi connectivity index (χ0) is 17.9. The number of benzene rings is 1. The number of carbonyl (C=O) groups is 1. The fourth-order valence-corrected chi connectivity index (χ4v) is 4.95. The molecule has 0 saturated carbocycles. The van der Waals surface area contributed by atoms with Crippen LogP contribution in [0.2, 0.25) is 0 Å². The van der Waals surface area contributed by atoms with Gasteiger partial charge in [0.25, 0.3) is 0 Å². The van der Waals surface area contributed by atoms with Gasteiger partial charge < -0.3 is 10.6 Å². The molecule has 0 spiro atoms. The molecular weight excluding hydrogens is 338 g/mol. The highest BCUT2D eigenvalue weighted by molar-refractivity contribution is 7.89. The van der Waals surface area contributed by atoms with Crippen LogP contribution in [0.4, 0.5) is 0 Å². The van der Waals surface area contributed by atoms with Gasteiger partial charge in [-0.05, 0) is 51.3 Å². The lowest BCUT2D eigenvalue weighted by Crippen LogP contribution is -2.52. The molecule has 2 saturated heterocycles. The Hall–Kier alpha value is -1.44. The maximum absolute atomic E-state index is 12.7. The van der Waals surface area contributed by atoms with Crippen molar-refractivity contribution in [2.24, 2.45) is 0 Å². The molecule has 1 amide bonds. The first-order chi connectivity index (χ1) is 12.0. The fourth-order valence-electron chi connectivity index (χ4n) is 3.48. The van der Waals surface area contributed by atoms with Crippen molar-refractivity contribution in [3.05, 3.63) is 29.8 Å². The Bertz CT molecular complexity index is 689. The molecule has 6 nitrogen and oxygen atoms in total. The van der Waals surface area contributed by atoms with E-state index in [0.29, 0.717) is 30.8 Å². The van der Waals surface area contributed by atoms with E-state index in [-0.39, 0.29) is 18.0 Å². The molecule has 1 aromatic rings. The van der Waals surface area contributed by atoms with Crippen molar-refractivity contribution >= 4 is 15.9 Å². The first-order valence-corrected chi connectivity index (χ1v) is 10.5. The topological polar surface area (TPSA) is 78.5 Å². The lowest BCUT2D eigenvalue weighted by molar-refractivity contribution is -0.124. The van der Waals surface area contributed by atoms with E-state index in [1.165, 1.54) is 4.31 Å². The number of sulfonamides is 1. The fraction of sp³-hybridized carbons (Fsp3) is 0.611. The van der Waals surface area contributed by atoms with Crippen molar-refractivity contribution in [1.29, 1.82) is 0 Å². The highest BCUT2D eigenvalue weighted by Gasteiger charge is 2.31. The molecule has 2 N–H and O–H groups in total. The third-order valence-corrected chi connectivity index (χ3v) is 7.00. The van der Waals surface area contributed by atoms with E-state index >= 15 is 0 Å². The Balaban J connectivity index is 1.54. The molecule has 3 rings (SSSR count). The number of carbonyl (C=O) groups excluding carboxylic acids is 1. The molecule has 1 unspecified atom stereocenters. The molecule has 0 radical (unpaired) electrons. The van der Waals surface area contributed by atoms with Crippen molar-refractivity contribution in [2.75, 3.05) is 19.6 Å². The molecule has 2 fully saturated rings. The Morgan fingerprint density at radius 1 is 1.12 bits per heavy atom. The van der Waals surface area contributed by atoms with Gasteiger partial charge in [0.2, 0.25) is 15.9 Å². The van der Waals surface area contributed by atoms with Crippen LogP contribution in [0.5, 0.6) is 0 Å². The normalized spacial score (nSPS) is 23.3. The predicted molar refractivity (Wildman–Crippen MR) is 96.7 cm³/mol. The average molecular weight is 365 g/mol. The minimum absolute atomic E-state index is 0.0551. The van der Waals surface area contributed by atoms with Crippen LogP contribution in [0.3, 0.4) is 0 Å². The molecule has 7 heteroatoms. The largest absolute Gasteiger partial charge is 0.352 e. The van der Waals surface area contributed by atoms with Crippen molar-refractivity contribution in [3.63, 3.8) is 0 Å². The van der Waals surface area contributed by atoms with Gasteiger partial charge in [0.1, 0.15) is 0 Å². The van der Waals surface area contributed by atoms with Gasteiger partial charge in [-0.2, -0.15) is 4.31 Å². The lowest BCUT2D eigenvalue weighted by atomic mass is 10.0. The Kier molecular flexibility index (Phi) is 5.76. The number of amides is 1. The third kappa shape index (κ3) is 4.40. The number of piperidine rings is 2. The van der Waals surface area contributed by atoms with Crippen molar-refractivity contribution in [1.82, 2.24) is 14.9 Å². The molecule has 2 aliphatic rings. The average Bonchev–Trinajstić information content (AvgIpc) is 2.63. The van der Waals surface area contributed by atoms with Crippen LogP contribution in [0.25, 0.3) is 0 Å². The van der Waals surface area contributed by atoms with Crippen LogP contribution in [0.15, 0.2) is 29.2 Å². The lowest BCUT2D eigenvalue weighted by Gasteiger charge is -2.33. The van der Waals surface area contributed by atoms with Crippen LogP contribution in [-0.2, 0) is 14.8 Å². The van der Waals surface area contributed by atoms with Crippen LogP contribution in [0, 0.1) is 6.92 Å². The van der Waals surface area contributed by atoms with Gasteiger partial charge in [-0.25, -0.2) is 8.42 Å². The molecular formula is C18H27N3O3S. The number of rotatable bonds is 4. The van der Waals surface area contributed by atoms with Gasteiger partial charge in [-0.1, -0.05) is 24.1 Å². The third-order valence-electron chi connectivity index (χ3n) is 5.09. The predicted octanol–water partition coefficient (Wildman–Crippen LogP) is 1.41. The van der Waals surface area contributed by atoms with E-state index < -0.39 is 10.0 Å². The van der Waals surface area contributed by atoms with Gasteiger partial charge in [0.15, 0.2) is 0 Å². The molecule has 1 atom stereocenters. The van der Waals surface area contributed by atoms with E-state index in [0.717, 1.165) is 31.4 Å². The van der Waals surface area contributed by atoms with Crippen LogP contribution in [0.1, 0.15) is 37.7 Å². The number of nitrogens with zero attached hydrogens (tertiary/aromatic N) is 1. The summed E-state index contributed by atoms with van der Waals surface area (Å²) in [5, 5.41) is 6.33. The Labute approximate surface area is 150 Å². The van der Waals surface area contributed by atoms with Gasteiger partial charge in [-0.15, -0.1) is 0 Å². The summed E-state index contributed by atoms with van der Waals surface area (Å²) in [6.07, 6.45) is 4.40. The van der Waals surface area contributed by atoms with Crippen molar-refractivity contribution in [3.8, 4) is 0 Å². The Morgan fingerprint density at radius 3 is 2.40 bits per heavy atom. The molecule has 138 valence electrons.